The molecule has 0 aliphatic carbocycles. The first kappa shape index (κ1) is 10.1. The quantitative estimate of drug-likeness (QED) is 0.353. The summed E-state index contributed by atoms with van der Waals surface area (Å²) in [6.07, 6.45) is 0. The Bertz CT molecular complexity index is 185. The van der Waals surface area contributed by atoms with Crippen LogP contribution in [0.5, 0.6) is 0 Å². The molecule has 0 aliphatic rings. The first-order chi connectivity index (χ1) is 4.87. The molecule has 0 aromatic rings. The van der Waals surface area contributed by atoms with E-state index >= 15 is 0 Å². The fraction of sp³-hybridized carbons (Fsp3) is 0.400. The van der Waals surface area contributed by atoms with E-state index < -0.39 is 18.5 Å². The Labute approximate surface area is 62.1 Å². The fourth-order valence-corrected chi connectivity index (χ4v) is 0.513. The average Bonchev–Trinajstić information content (AvgIpc) is 1.82. The molecule has 2 nitrogen and oxygen atoms in total. The first-order valence-corrected chi connectivity index (χ1v) is 2.84. The Balaban J connectivity index is 4.34. The van der Waals surface area contributed by atoms with Crippen LogP contribution in [0.4, 0.5) is 12.9 Å². The molecule has 0 saturated carbocycles. The Hall–Kier alpha value is -0.935. The van der Waals surface area contributed by atoms with E-state index in [1.165, 1.54) is 0 Å². The van der Waals surface area contributed by atoms with Gasteiger partial charge in [-0.25, -0.2) is 4.79 Å². The van der Waals surface area contributed by atoms with Crippen LogP contribution in [0.15, 0.2) is 11.5 Å². The maximum absolute atomic E-state index is 11.6. The summed E-state index contributed by atoms with van der Waals surface area (Å²) in [6.45, 7) is -3.99. The van der Waals surface area contributed by atoms with Gasteiger partial charge in [-0.15, -0.1) is 5.98 Å². The van der Waals surface area contributed by atoms with Crippen molar-refractivity contribution in [3.8, 4) is 0 Å². The lowest BCUT2D eigenvalue weighted by Gasteiger charge is -2.08. The lowest BCUT2D eigenvalue weighted by molar-refractivity contribution is -0.136. The molecule has 0 unspecified atom stereocenters. The summed E-state index contributed by atoms with van der Waals surface area (Å²) in [5.41, 5.74) is -0.431. The third kappa shape index (κ3) is 4.47. The second-order valence-corrected chi connectivity index (χ2v) is 1.97. The predicted molar refractivity (Wildman–Crippen MR) is 34.9 cm³/mol. The normalized spacial score (nSPS) is 13.0. The molecule has 0 atom stereocenters. The van der Waals surface area contributed by atoms with Gasteiger partial charge in [-0.05, 0) is 6.92 Å². The Morgan fingerprint density at radius 2 is 1.91 bits per heavy atom. The van der Waals surface area contributed by atoms with Crippen LogP contribution in [0.25, 0.3) is 0 Å². The number of ether oxygens (including phenoxy) is 1. The summed E-state index contributed by atoms with van der Waals surface area (Å²) >= 11 is 0. The number of hydrogen-bond donors (Lipinski definition) is 0. The fourth-order valence-electron chi connectivity index (χ4n) is 0.513. The van der Waals surface area contributed by atoms with E-state index in [1.54, 1.807) is 0 Å². The summed E-state index contributed by atoms with van der Waals surface area (Å²) in [6, 6.07) is 0. The molecule has 0 bridgehead atoms. The molecule has 0 radical (unpaired) electrons. The summed E-state index contributed by atoms with van der Waals surface area (Å²) in [5.74, 6) is -0.990. The summed E-state index contributed by atoms with van der Waals surface area (Å²) in [5, 5.41) is 0. The number of methoxy groups -OCH3 is 1. The second kappa shape index (κ2) is 3.45. The SMILES string of the molecule is COC(=O)/C(C)=C/[B-](F)(F)F. The van der Waals surface area contributed by atoms with Crippen molar-refractivity contribution < 1.29 is 22.5 Å². The topological polar surface area (TPSA) is 26.3 Å². The van der Waals surface area contributed by atoms with Crippen molar-refractivity contribution in [2.45, 2.75) is 6.92 Å². The van der Waals surface area contributed by atoms with E-state index in [-0.39, 0.29) is 5.98 Å². The van der Waals surface area contributed by atoms with E-state index in [1.807, 2.05) is 0 Å². The van der Waals surface area contributed by atoms with Crippen LogP contribution in [0.2, 0.25) is 0 Å². The number of rotatable bonds is 2. The molecule has 64 valence electrons. The molecule has 0 heterocycles. The van der Waals surface area contributed by atoms with Crippen molar-refractivity contribution in [3.05, 3.63) is 11.5 Å². The molecular formula is C5H7BF3O2-. The van der Waals surface area contributed by atoms with E-state index in [0.29, 0.717) is 0 Å². The average molecular weight is 167 g/mol. The number of carbonyl (C=O) groups excluding carboxylic acids is 1. The highest BCUT2D eigenvalue weighted by Gasteiger charge is 2.20. The summed E-state index contributed by atoms with van der Waals surface area (Å²) < 4.78 is 38.8. The lowest BCUT2D eigenvalue weighted by atomic mass is 9.89. The largest absolute Gasteiger partial charge is 0.503 e. The van der Waals surface area contributed by atoms with Crippen LogP contribution >= 0.6 is 0 Å². The van der Waals surface area contributed by atoms with Crippen molar-refractivity contribution >= 4 is 12.9 Å². The monoisotopic (exact) mass is 167 g/mol. The number of hydrogen-bond acceptors (Lipinski definition) is 2. The maximum Gasteiger partial charge on any atom is 0.503 e. The zero-order valence-electron chi connectivity index (χ0n) is 6.11. The second-order valence-electron chi connectivity index (χ2n) is 1.97. The number of halogens is 3. The van der Waals surface area contributed by atoms with Crippen molar-refractivity contribution in [3.63, 3.8) is 0 Å². The van der Waals surface area contributed by atoms with Gasteiger partial charge in [0.1, 0.15) is 0 Å². The smallest absolute Gasteiger partial charge is 0.466 e. The van der Waals surface area contributed by atoms with Crippen LogP contribution in [0, 0.1) is 0 Å². The van der Waals surface area contributed by atoms with Crippen LogP contribution < -0.4 is 0 Å². The minimum absolute atomic E-state index is 0.0359. The Kier molecular flexibility index (Phi) is 3.16. The molecule has 0 rings (SSSR count). The highest BCUT2D eigenvalue weighted by Crippen LogP contribution is 2.12. The zero-order chi connectivity index (χ0) is 9.07. The van der Waals surface area contributed by atoms with Crippen molar-refractivity contribution in [2.24, 2.45) is 0 Å². The van der Waals surface area contributed by atoms with Gasteiger partial charge in [0.05, 0.1) is 7.11 Å². The van der Waals surface area contributed by atoms with Gasteiger partial charge in [0.2, 0.25) is 0 Å². The molecule has 0 fully saturated rings. The van der Waals surface area contributed by atoms with Crippen LogP contribution in [-0.4, -0.2) is 20.1 Å². The molecule has 0 spiro atoms. The number of carbonyl (C=O) groups is 1. The maximum atomic E-state index is 11.6. The molecule has 0 aliphatic heterocycles. The van der Waals surface area contributed by atoms with Crippen molar-refractivity contribution in [1.82, 2.24) is 0 Å². The highest BCUT2D eigenvalue weighted by molar-refractivity contribution is 6.64. The predicted octanol–water partition coefficient (Wildman–Crippen LogP) is 1.49. The van der Waals surface area contributed by atoms with Gasteiger partial charge in [-0.2, -0.15) is 0 Å². The molecule has 0 saturated heterocycles. The summed E-state index contributed by atoms with van der Waals surface area (Å²) in [7, 11) is 1.03. The van der Waals surface area contributed by atoms with Crippen molar-refractivity contribution in [2.75, 3.05) is 7.11 Å². The zero-order valence-corrected chi connectivity index (χ0v) is 6.11. The number of esters is 1. The Morgan fingerprint density at radius 1 is 1.45 bits per heavy atom. The molecule has 0 amide bonds. The lowest BCUT2D eigenvalue weighted by Crippen LogP contribution is -2.14. The molecular weight excluding hydrogens is 160 g/mol. The van der Waals surface area contributed by atoms with Gasteiger partial charge in [-0.1, -0.05) is 0 Å². The van der Waals surface area contributed by atoms with Crippen LogP contribution in [-0.2, 0) is 9.53 Å². The van der Waals surface area contributed by atoms with E-state index in [9.17, 15) is 17.7 Å². The van der Waals surface area contributed by atoms with E-state index in [2.05, 4.69) is 4.74 Å². The van der Waals surface area contributed by atoms with Crippen LogP contribution in [0.3, 0.4) is 0 Å². The Morgan fingerprint density at radius 3 is 2.18 bits per heavy atom. The standard InChI is InChI=1S/C5H7BF3O2/c1-4(5(10)11-2)3-6(7,8)9/h3H,1-2H3/q-1/b4-3+. The van der Waals surface area contributed by atoms with Gasteiger partial charge in [0, 0.05) is 5.57 Å². The summed E-state index contributed by atoms with van der Waals surface area (Å²) in [4.78, 5) is 10.4. The minimum Gasteiger partial charge on any atom is -0.466 e. The van der Waals surface area contributed by atoms with E-state index in [4.69, 9.17) is 0 Å². The van der Waals surface area contributed by atoms with E-state index in [0.717, 1.165) is 14.0 Å². The molecule has 11 heavy (non-hydrogen) atoms. The first-order valence-electron chi connectivity index (χ1n) is 2.84. The highest BCUT2D eigenvalue weighted by atomic mass is 19.4. The molecule has 0 N–H and O–H groups in total. The van der Waals surface area contributed by atoms with Gasteiger partial charge in [0.15, 0.2) is 0 Å². The van der Waals surface area contributed by atoms with Gasteiger partial charge in [-0.3, -0.25) is 0 Å². The molecule has 0 aromatic heterocycles. The third-order valence-corrected chi connectivity index (χ3v) is 0.946. The van der Waals surface area contributed by atoms with Gasteiger partial charge >= 0.3 is 12.9 Å². The van der Waals surface area contributed by atoms with Gasteiger partial charge < -0.3 is 17.7 Å². The molecule has 0 aromatic carbocycles. The van der Waals surface area contributed by atoms with Crippen molar-refractivity contribution in [1.29, 1.82) is 0 Å². The third-order valence-electron chi connectivity index (χ3n) is 0.946. The van der Waals surface area contributed by atoms with Crippen LogP contribution in [0.1, 0.15) is 6.92 Å². The van der Waals surface area contributed by atoms with Gasteiger partial charge in [0.25, 0.3) is 0 Å². The molecule has 6 heteroatoms. The minimum atomic E-state index is -5.05.